The van der Waals surface area contributed by atoms with Crippen LogP contribution in [0.4, 0.5) is 11.5 Å². The van der Waals surface area contributed by atoms with Crippen molar-refractivity contribution >= 4 is 117 Å². The van der Waals surface area contributed by atoms with Crippen molar-refractivity contribution < 1.29 is 164 Å². The van der Waals surface area contributed by atoms with Gasteiger partial charge in [0.05, 0.1) is 62.1 Å². The van der Waals surface area contributed by atoms with Crippen molar-refractivity contribution in [1.29, 1.82) is 0 Å². The predicted molar refractivity (Wildman–Crippen MR) is 398 cm³/mol. The van der Waals surface area contributed by atoms with Gasteiger partial charge in [-0.05, 0) is 69.0 Å². The summed E-state index contributed by atoms with van der Waals surface area (Å²) >= 11 is 0.925. The number of rotatable bonds is 56. The second-order valence-electron chi connectivity index (χ2n) is 26.5. The molecule has 117 heavy (non-hydrogen) atoms. The molecule has 654 valence electrons. The lowest BCUT2D eigenvalue weighted by Gasteiger charge is -2.28. The van der Waals surface area contributed by atoms with Crippen LogP contribution in [0.2, 0.25) is 0 Å². The van der Waals surface area contributed by atoms with E-state index in [-0.39, 0.29) is 34.7 Å². The van der Waals surface area contributed by atoms with Gasteiger partial charge in [-0.15, -0.1) is 0 Å². The molecule has 19 atom stereocenters. The van der Waals surface area contributed by atoms with Crippen molar-refractivity contribution in [3.8, 4) is 0 Å². The van der Waals surface area contributed by atoms with Crippen LogP contribution in [0.5, 0.6) is 0 Å². The van der Waals surface area contributed by atoms with Gasteiger partial charge in [0, 0.05) is 81.2 Å². The van der Waals surface area contributed by atoms with E-state index < -0.39 is 321 Å². The summed E-state index contributed by atoms with van der Waals surface area (Å²) < 4.78 is 0. The Morgan fingerprint density at radius 1 is 0.436 bits per heavy atom. The number of carbonyl (C=O) groups excluding carboxylic acids is 10. The van der Waals surface area contributed by atoms with Gasteiger partial charge in [0.25, 0.3) is 11.5 Å². The van der Waals surface area contributed by atoms with Crippen LogP contribution in [0.1, 0.15) is 93.1 Å². The summed E-state index contributed by atoms with van der Waals surface area (Å²) in [4.78, 5) is 211. The van der Waals surface area contributed by atoms with Crippen molar-refractivity contribution in [3.63, 3.8) is 0 Å². The summed E-state index contributed by atoms with van der Waals surface area (Å²) in [6, 6.07) is -7.37. The number of thioether (sulfide) groups is 1. The molecule has 0 aliphatic carbocycles. The van der Waals surface area contributed by atoms with Crippen LogP contribution >= 0.6 is 11.8 Å². The molecule has 3 aromatic rings. The molecule has 0 unspecified atom stereocenters. The van der Waals surface area contributed by atoms with E-state index in [4.69, 9.17) is 10.8 Å². The number of amides is 10. The number of nitrogens with one attached hydrogen (secondary N) is 12. The molecule has 0 radical (unpaired) electrons. The van der Waals surface area contributed by atoms with E-state index in [9.17, 15) is 164 Å². The molecule has 0 bridgehead atoms. The molecule has 2 heterocycles. The Morgan fingerprint density at radius 2 is 0.769 bits per heavy atom. The van der Waals surface area contributed by atoms with Crippen LogP contribution in [-0.2, 0) is 68.9 Å². The number of aromatic amines is 1. The number of pyridine rings is 1. The van der Waals surface area contributed by atoms with E-state index in [2.05, 4.69) is 73.4 Å². The van der Waals surface area contributed by atoms with Crippen molar-refractivity contribution in [2.45, 2.75) is 199 Å². The number of anilines is 2. The Hall–Kier alpha value is -10.6. The molecule has 1 aromatic carbocycles. The minimum atomic E-state index is -2.24. The molecular weight excluding hydrogens is 1590 g/mol. The molecule has 3 rings (SSSR count). The van der Waals surface area contributed by atoms with Gasteiger partial charge in [-0.1, -0.05) is 0 Å². The molecule has 49 nitrogen and oxygen atoms in total. The van der Waals surface area contributed by atoms with Crippen molar-refractivity contribution in [3.05, 3.63) is 58.1 Å². The zero-order chi connectivity index (χ0) is 88.1. The van der Waals surface area contributed by atoms with Gasteiger partial charge in [0.15, 0.2) is 5.52 Å². The first-order chi connectivity index (χ1) is 55.0. The zero-order valence-corrected chi connectivity index (χ0v) is 63.4. The third kappa shape index (κ3) is 35.0. The Labute approximate surface area is 667 Å². The Kier molecular flexibility index (Phi) is 43.7. The molecule has 10 amide bonds. The van der Waals surface area contributed by atoms with E-state index in [1.807, 2.05) is 0 Å². The number of benzene rings is 1. The third-order valence-electron chi connectivity index (χ3n) is 17.4. The minimum Gasteiger partial charge on any atom is -0.481 e. The van der Waals surface area contributed by atoms with Crippen LogP contribution in [-0.4, -0.2) is 362 Å². The fraction of sp³-hybridized carbons (Fsp3) is 0.597. The third-order valence-corrected chi connectivity index (χ3v) is 18.1. The normalized spacial score (nSPS) is 16.3. The highest BCUT2D eigenvalue weighted by Crippen LogP contribution is 2.17. The molecule has 33 N–H and O–H groups in total. The summed E-state index contributed by atoms with van der Waals surface area (Å²) in [6.07, 6.45) is -33.1. The first-order valence-electron chi connectivity index (χ1n) is 35.8. The maximum Gasteiger partial charge on any atom is 0.327 e. The number of fused-ring (bicyclic) bond motifs is 1. The van der Waals surface area contributed by atoms with Crippen LogP contribution in [0.25, 0.3) is 11.0 Å². The first-order valence-corrected chi connectivity index (χ1v) is 37.2. The molecule has 0 aliphatic rings. The Morgan fingerprint density at radius 3 is 1.12 bits per heavy atom. The minimum absolute atomic E-state index is 0.00748. The van der Waals surface area contributed by atoms with Crippen molar-refractivity contribution in [2.24, 2.45) is 0 Å². The molecule has 0 saturated heterocycles. The lowest BCUT2D eigenvalue weighted by molar-refractivity contribution is -0.142. The molecule has 0 fully saturated rings. The number of nitrogens with two attached hydrogens (primary N) is 1. The van der Waals surface area contributed by atoms with Crippen molar-refractivity contribution in [1.82, 2.24) is 68.1 Å². The number of aromatic nitrogens is 3. The number of nitrogens with zero attached hydrogens (tertiary/aromatic N) is 2. The van der Waals surface area contributed by atoms with E-state index in [0.717, 1.165) is 11.8 Å². The summed E-state index contributed by atoms with van der Waals surface area (Å²) in [5.74, 6) is -19.8. The Balaban J connectivity index is 2.06. The average Bonchev–Trinajstić information content (AvgIpc) is 0.812. The number of aliphatic hydroxyl groups is 15. The highest BCUT2D eigenvalue weighted by atomic mass is 32.2. The van der Waals surface area contributed by atoms with E-state index in [1.54, 1.807) is 0 Å². The number of aliphatic carboxylic acids is 4. The second-order valence-corrected chi connectivity index (χ2v) is 27.4. The zero-order valence-electron chi connectivity index (χ0n) is 62.6. The monoisotopic (exact) mass is 1690 g/mol. The van der Waals surface area contributed by atoms with Crippen LogP contribution < -0.4 is 69.8 Å². The lowest BCUT2D eigenvalue weighted by Crippen LogP contribution is -2.60. The van der Waals surface area contributed by atoms with Gasteiger partial charge in [-0.25, -0.2) is 14.6 Å². The van der Waals surface area contributed by atoms with Gasteiger partial charge >= 0.3 is 23.9 Å². The molecule has 0 aliphatic heterocycles. The smallest absolute Gasteiger partial charge is 0.327 e. The maximum absolute atomic E-state index is 14.7. The molecule has 0 saturated carbocycles. The van der Waals surface area contributed by atoms with Gasteiger partial charge in [-0.2, -0.15) is 11.8 Å². The van der Waals surface area contributed by atoms with E-state index in [0.29, 0.717) is 11.4 Å². The number of carboxylic acids is 4. The summed E-state index contributed by atoms with van der Waals surface area (Å²) in [7, 11) is 0. The van der Waals surface area contributed by atoms with Crippen molar-refractivity contribution in [2.75, 3.05) is 62.5 Å². The van der Waals surface area contributed by atoms with Crippen LogP contribution in [0, 0.1) is 0 Å². The number of hydrogen-bond acceptors (Lipinski definition) is 35. The van der Waals surface area contributed by atoms with Gasteiger partial charge in [0.2, 0.25) is 53.2 Å². The number of aliphatic hydroxyl groups excluding tert-OH is 15. The number of nitrogen functional groups attached to an aromatic ring is 1. The molecule has 50 heteroatoms. The number of carbonyl (C=O) groups is 14. The van der Waals surface area contributed by atoms with Crippen LogP contribution in [0.15, 0.2) is 41.3 Å². The summed E-state index contributed by atoms with van der Waals surface area (Å²) in [5, 5.41) is 213. The highest BCUT2D eigenvalue weighted by Gasteiger charge is 2.38. The largest absolute Gasteiger partial charge is 0.481 e. The topological polar surface area (TPSA) is 840 Å². The van der Waals surface area contributed by atoms with Gasteiger partial charge < -0.3 is 166 Å². The SMILES string of the molecule is CSC[C@@H](NC(=O)[C@H](CCC(=O)NC[C@H](O)[C@@H](O)[C@H](O)[C@H](O)CO)NC(=O)[C@@H](CCC(=O)O)NC(=O)[C@H](CCC(=O)NC[C@H](O)[C@@H](O)[C@H](O)[C@H](O)CO)NC(=O)[C@@H](CCC(=O)O)NC(=O)[C@H](CCC(=O)NC[C@H](O)[C@@H](O)[C@H](O)[C@H](O)CO)NC(=O)CC[C@@H](NC(=O)c1ccc(NCc2cnc3cc(N)[nH]c(=O)c3n2)cc1)C(=O)O)C(=O)O. The predicted octanol–water partition coefficient (Wildman–Crippen LogP) is -13.4. The maximum atomic E-state index is 14.7. The fourth-order valence-electron chi connectivity index (χ4n) is 10.5. The molecular formula is C67H101N15O34S. The highest BCUT2D eigenvalue weighted by molar-refractivity contribution is 7.98. The number of H-pyrrole nitrogens is 1. The Bertz CT molecular complexity index is 3890. The van der Waals surface area contributed by atoms with Gasteiger partial charge in [-0.3, -0.25) is 67.3 Å². The standard InChI is InChI=1S/C67H101N15O34S/c1-117-27-38(67(115)116)81-64(111)33(8-14-48(94)73-23-41(88)55(102)58(105)44(91)26-85)77-63(110)35(11-17-51(98)99)79-61(108)32(7-13-47(93)72-22-40(87)54(101)57(104)43(90)25-84)76-62(109)34(10-16-50(96)97)78-60(107)31(6-12-46(92)71-21-39(86)53(100)56(103)42(89)24-83)75-49(95)15-9-36(66(113)114)80-59(106)28-2-4-29(5-3-28)69-19-30-20-70-37-18-45(68)82-65(112)52(37)74-30/h2-5,18,20,31-36,38-44,53-58,69,83-91,100-105H,6-17,19,21-27H2,1H3,(H,71,92)(H,72,93)(H,73,94)(H,75,95)(H,76,109)(H,77,110)(H,78,107)(H,79,108)(H,80,106)(H,81,111)(H,96,97)(H,98,99)(H,113,114)(H,115,116)(H3,68,82,112)/t31-,32-,33-,34+,35+,36+,38+,39-,40-,41-,42+,43+,44+,53+,54+,55+,56+,57+,58+/m0/s1. The first kappa shape index (κ1) is 101. The van der Waals surface area contributed by atoms with Gasteiger partial charge in [0.1, 0.15) is 103 Å². The van der Waals surface area contributed by atoms with E-state index in [1.165, 1.54) is 42.8 Å². The summed E-state index contributed by atoms with van der Waals surface area (Å²) in [6.45, 7) is -5.91. The number of hydrogen-bond donors (Lipinski definition) is 32. The molecule has 0 spiro atoms. The summed E-state index contributed by atoms with van der Waals surface area (Å²) in [5.41, 5.74) is 5.96. The average molecular weight is 1690 g/mol. The fourth-order valence-corrected chi connectivity index (χ4v) is 11.1. The van der Waals surface area contributed by atoms with E-state index >= 15 is 0 Å². The van der Waals surface area contributed by atoms with Crippen LogP contribution in [0.3, 0.4) is 0 Å². The number of carboxylic acid groups (broad SMARTS) is 4. The quantitative estimate of drug-likeness (QED) is 0.0249. The second kappa shape index (κ2) is 50.8. The molecule has 2 aromatic heterocycles. The lowest BCUT2D eigenvalue weighted by atomic mass is 10.0.